The minimum atomic E-state index is -0.557. The molecule has 0 amide bonds. The number of nitrogens with two attached hydrogens (primary N) is 1. The summed E-state index contributed by atoms with van der Waals surface area (Å²) in [6.45, 7) is 6.40. The van der Waals surface area contributed by atoms with Crippen molar-refractivity contribution in [1.82, 2.24) is 0 Å². The van der Waals surface area contributed by atoms with Gasteiger partial charge in [0.05, 0.1) is 24.2 Å². The van der Waals surface area contributed by atoms with Gasteiger partial charge in [-0.2, -0.15) is 5.26 Å². The van der Waals surface area contributed by atoms with Crippen LogP contribution in [0.2, 0.25) is 5.02 Å². The van der Waals surface area contributed by atoms with E-state index in [1.807, 2.05) is 57.2 Å². The molecule has 0 saturated heterocycles. The second-order valence-corrected chi connectivity index (χ2v) is 10.6. The van der Waals surface area contributed by atoms with E-state index < -0.39 is 11.9 Å². The Morgan fingerprint density at radius 1 is 0.977 bits per heavy atom. The van der Waals surface area contributed by atoms with Crippen LogP contribution in [0, 0.1) is 11.3 Å². The molecule has 0 spiro atoms. The summed E-state index contributed by atoms with van der Waals surface area (Å²) in [6.07, 6.45) is 0.0199. The van der Waals surface area contributed by atoms with E-state index in [9.17, 15) is 10.1 Å². The van der Waals surface area contributed by atoms with Crippen molar-refractivity contribution in [3.05, 3.63) is 124 Å². The van der Waals surface area contributed by atoms with Gasteiger partial charge >= 0.3 is 5.97 Å². The van der Waals surface area contributed by atoms with Crippen LogP contribution in [0.15, 0.2) is 96.4 Å². The van der Waals surface area contributed by atoms with E-state index >= 15 is 0 Å². The van der Waals surface area contributed by atoms with Crippen molar-refractivity contribution in [2.45, 2.75) is 39.4 Å². The Labute approximate surface area is 261 Å². The number of hydrogen-bond donors (Lipinski definition) is 1. The lowest BCUT2D eigenvalue weighted by molar-refractivity contribution is 0.0734. The Morgan fingerprint density at radius 3 is 2.43 bits per heavy atom. The van der Waals surface area contributed by atoms with Crippen molar-refractivity contribution >= 4 is 17.6 Å². The van der Waals surface area contributed by atoms with Crippen molar-refractivity contribution in [1.29, 1.82) is 5.26 Å². The molecule has 8 nitrogen and oxygen atoms in total. The number of hydrogen-bond acceptors (Lipinski definition) is 8. The van der Waals surface area contributed by atoms with Gasteiger partial charge in [0.15, 0.2) is 11.5 Å². The van der Waals surface area contributed by atoms with Crippen molar-refractivity contribution in [2.24, 2.45) is 5.73 Å². The number of halogens is 1. The maximum atomic E-state index is 12.8. The highest BCUT2D eigenvalue weighted by atomic mass is 35.5. The van der Waals surface area contributed by atoms with Gasteiger partial charge in [-0.05, 0) is 74.9 Å². The zero-order valence-electron chi connectivity index (χ0n) is 24.5. The fraction of sp³-hybridized carbons (Fsp3) is 0.200. The standard InChI is InChI=1S/C35H31ClN2O6/c1-4-40-32-17-23(11-16-30(32)41-20-24-7-5-6-8-29(24)36)33-27-15-14-26(18-31(27)44-34(38)28(33)19-37)43-35(39)22-9-12-25(13-10-22)42-21(2)3/h5-18,21,33H,4,20,38H2,1-3H3. The second-order valence-electron chi connectivity index (χ2n) is 10.2. The number of nitriles is 1. The first-order chi connectivity index (χ1) is 21.3. The molecule has 1 aliphatic rings. The highest BCUT2D eigenvalue weighted by molar-refractivity contribution is 6.31. The van der Waals surface area contributed by atoms with Gasteiger partial charge in [0, 0.05) is 22.2 Å². The van der Waals surface area contributed by atoms with Crippen LogP contribution in [0.5, 0.6) is 28.7 Å². The van der Waals surface area contributed by atoms with E-state index in [-0.39, 0.29) is 29.9 Å². The van der Waals surface area contributed by atoms with Gasteiger partial charge in [0.2, 0.25) is 5.88 Å². The predicted octanol–water partition coefficient (Wildman–Crippen LogP) is 7.54. The summed E-state index contributed by atoms with van der Waals surface area (Å²) in [7, 11) is 0. The Bertz CT molecular complexity index is 1740. The van der Waals surface area contributed by atoms with Crippen LogP contribution >= 0.6 is 11.6 Å². The van der Waals surface area contributed by atoms with Crippen molar-refractivity contribution in [3.63, 3.8) is 0 Å². The third kappa shape index (κ3) is 6.74. The number of carbonyl (C=O) groups is 1. The normalized spacial score (nSPS) is 13.9. The summed E-state index contributed by atoms with van der Waals surface area (Å²) in [6, 6.07) is 26.9. The van der Waals surface area contributed by atoms with Crippen molar-refractivity contribution in [2.75, 3.05) is 6.61 Å². The number of fused-ring (bicyclic) bond motifs is 1. The van der Waals surface area contributed by atoms with E-state index in [0.29, 0.717) is 45.8 Å². The molecule has 1 aliphatic heterocycles. The van der Waals surface area contributed by atoms with Gasteiger partial charge in [-0.1, -0.05) is 41.9 Å². The molecule has 0 bridgehead atoms. The molecule has 2 N–H and O–H groups in total. The number of esters is 1. The van der Waals surface area contributed by atoms with E-state index in [1.165, 1.54) is 0 Å². The highest BCUT2D eigenvalue weighted by Crippen LogP contribution is 2.45. The average molecular weight is 611 g/mol. The fourth-order valence-electron chi connectivity index (χ4n) is 4.81. The largest absolute Gasteiger partial charge is 0.491 e. The van der Waals surface area contributed by atoms with Crippen LogP contribution < -0.4 is 29.4 Å². The predicted molar refractivity (Wildman–Crippen MR) is 166 cm³/mol. The molecule has 0 fully saturated rings. The lowest BCUT2D eigenvalue weighted by Crippen LogP contribution is -2.21. The molecule has 1 unspecified atom stereocenters. The number of allylic oxidation sites excluding steroid dienone is 1. The number of carbonyl (C=O) groups excluding carboxylic acids is 1. The number of ether oxygens (including phenoxy) is 5. The Hall–Kier alpha value is -5.13. The monoisotopic (exact) mass is 610 g/mol. The molecule has 44 heavy (non-hydrogen) atoms. The Balaban J connectivity index is 1.41. The number of rotatable bonds is 10. The van der Waals surface area contributed by atoms with Crippen molar-refractivity contribution < 1.29 is 28.5 Å². The first-order valence-corrected chi connectivity index (χ1v) is 14.5. The zero-order valence-corrected chi connectivity index (χ0v) is 25.3. The zero-order chi connectivity index (χ0) is 31.2. The van der Waals surface area contributed by atoms with Gasteiger partial charge in [-0.15, -0.1) is 0 Å². The van der Waals surface area contributed by atoms with Crippen LogP contribution in [0.1, 0.15) is 53.7 Å². The fourth-order valence-corrected chi connectivity index (χ4v) is 5.00. The maximum absolute atomic E-state index is 12.8. The first kappa shape index (κ1) is 30.3. The molecule has 0 radical (unpaired) electrons. The van der Waals surface area contributed by atoms with Crippen molar-refractivity contribution in [3.8, 4) is 34.8 Å². The van der Waals surface area contributed by atoms with Crippen LogP contribution in [0.3, 0.4) is 0 Å². The lowest BCUT2D eigenvalue weighted by atomic mass is 9.83. The SMILES string of the molecule is CCOc1cc(C2C(C#N)=C(N)Oc3cc(OC(=O)c4ccc(OC(C)C)cc4)ccc32)ccc1OCc1ccccc1Cl. The highest BCUT2D eigenvalue weighted by Gasteiger charge is 2.32. The van der Waals surface area contributed by atoms with E-state index in [1.54, 1.807) is 48.5 Å². The van der Waals surface area contributed by atoms with E-state index in [0.717, 1.165) is 11.1 Å². The molecule has 4 aromatic rings. The minimum absolute atomic E-state index is 0.0199. The van der Waals surface area contributed by atoms with Crippen LogP contribution in [0.25, 0.3) is 0 Å². The van der Waals surface area contributed by atoms with Gasteiger partial charge in [0.1, 0.15) is 35.5 Å². The van der Waals surface area contributed by atoms with Crippen LogP contribution in [0.4, 0.5) is 0 Å². The average Bonchev–Trinajstić information content (AvgIpc) is 3.00. The second kappa shape index (κ2) is 13.4. The third-order valence-corrected chi connectivity index (χ3v) is 7.17. The molecule has 0 aromatic heterocycles. The van der Waals surface area contributed by atoms with E-state index in [2.05, 4.69) is 6.07 Å². The van der Waals surface area contributed by atoms with Crippen LogP contribution in [-0.4, -0.2) is 18.7 Å². The summed E-state index contributed by atoms with van der Waals surface area (Å²) < 4.78 is 29.1. The van der Waals surface area contributed by atoms with E-state index in [4.69, 9.17) is 41.0 Å². The summed E-state index contributed by atoms with van der Waals surface area (Å²) in [5.41, 5.74) is 9.10. The van der Waals surface area contributed by atoms with Gasteiger partial charge in [0.25, 0.3) is 0 Å². The summed E-state index contributed by atoms with van der Waals surface area (Å²) >= 11 is 6.30. The molecule has 1 atom stereocenters. The molecular formula is C35H31ClN2O6. The third-order valence-electron chi connectivity index (χ3n) is 6.80. The molecule has 0 aliphatic carbocycles. The molecule has 4 aromatic carbocycles. The van der Waals surface area contributed by atoms with Gasteiger partial charge < -0.3 is 29.4 Å². The summed E-state index contributed by atoms with van der Waals surface area (Å²) in [5.74, 6) is 1.21. The molecule has 5 rings (SSSR count). The molecule has 0 saturated carbocycles. The molecule has 1 heterocycles. The maximum Gasteiger partial charge on any atom is 0.343 e. The summed E-state index contributed by atoms with van der Waals surface area (Å²) in [4.78, 5) is 12.8. The lowest BCUT2D eigenvalue weighted by Gasteiger charge is -2.27. The molecular weight excluding hydrogens is 580 g/mol. The smallest absolute Gasteiger partial charge is 0.343 e. The molecule has 9 heteroatoms. The van der Waals surface area contributed by atoms with Crippen LogP contribution in [-0.2, 0) is 6.61 Å². The number of nitrogens with zero attached hydrogens (tertiary/aromatic N) is 1. The van der Waals surface area contributed by atoms with Gasteiger partial charge in [-0.3, -0.25) is 0 Å². The van der Waals surface area contributed by atoms with Gasteiger partial charge in [-0.25, -0.2) is 4.79 Å². The Kier molecular flexibility index (Phi) is 9.27. The molecule has 224 valence electrons. The minimum Gasteiger partial charge on any atom is -0.491 e. The summed E-state index contributed by atoms with van der Waals surface area (Å²) in [5, 5.41) is 10.6. The quantitative estimate of drug-likeness (QED) is 0.145. The topological polar surface area (TPSA) is 113 Å². The number of benzene rings is 4. The Morgan fingerprint density at radius 2 is 1.73 bits per heavy atom. The first-order valence-electron chi connectivity index (χ1n) is 14.1.